The van der Waals surface area contributed by atoms with Crippen molar-refractivity contribution in [3.63, 3.8) is 0 Å². The highest BCUT2D eigenvalue weighted by atomic mass is 19.1. The van der Waals surface area contributed by atoms with E-state index < -0.39 is 11.8 Å². The summed E-state index contributed by atoms with van der Waals surface area (Å²) in [5.74, 6) is -0.991. The van der Waals surface area contributed by atoms with Crippen LogP contribution in [-0.2, 0) is 4.74 Å². The molecular weight excluding hydrogens is 237 g/mol. The lowest BCUT2D eigenvalue weighted by atomic mass is 10.2. The van der Waals surface area contributed by atoms with Crippen molar-refractivity contribution < 1.29 is 13.9 Å². The van der Waals surface area contributed by atoms with Gasteiger partial charge in [-0.2, -0.15) is 0 Å². The Balaban J connectivity index is 2.42. The van der Waals surface area contributed by atoms with E-state index in [-0.39, 0.29) is 18.0 Å². The van der Waals surface area contributed by atoms with Crippen LogP contribution >= 0.6 is 0 Å². The number of aromatic nitrogens is 2. The van der Waals surface area contributed by atoms with Crippen LogP contribution in [0.15, 0.2) is 30.7 Å². The van der Waals surface area contributed by atoms with Crippen LogP contribution in [0.2, 0.25) is 0 Å². The zero-order valence-corrected chi connectivity index (χ0v) is 9.76. The number of rotatable bonds is 3. The minimum Gasteiger partial charge on any atom is -0.461 e. The number of nitrogen functional groups attached to an aromatic ring is 1. The van der Waals surface area contributed by atoms with Gasteiger partial charge in [-0.3, -0.25) is 4.57 Å². The molecule has 2 aromatic rings. The first-order valence-corrected chi connectivity index (χ1v) is 5.38. The van der Waals surface area contributed by atoms with Crippen LogP contribution in [0.4, 0.5) is 10.1 Å². The van der Waals surface area contributed by atoms with E-state index in [2.05, 4.69) is 4.98 Å². The highest BCUT2D eigenvalue weighted by Gasteiger charge is 2.14. The molecule has 0 saturated carbocycles. The molecule has 0 atom stereocenters. The van der Waals surface area contributed by atoms with Gasteiger partial charge in [0.05, 0.1) is 24.8 Å². The quantitative estimate of drug-likeness (QED) is 0.664. The molecule has 0 bridgehead atoms. The van der Waals surface area contributed by atoms with E-state index in [1.54, 1.807) is 6.92 Å². The van der Waals surface area contributed by atoms with Crippen molar-refractivity contribution in [1.82, 2.24) is 9.55 Å². The normalized spacial score (nSPS) is 10.3. The number of anilines is 1. The molecule has 0 aliphatic rings. The van der Waals surface area contributed by atoms with Gasteiger partial charge in [-0.25, -0.2) is 14.2 Å². The molecule has 0 saturated heterocycles. The van der Waals surface area contributed by atoms with Gasteiger partial charge in [0.15, 0.2) is 5.69 Å². The van der Waals surface area contributed by atoms with Crippen molar-refractivity contribution in [2.45, 2.75) is 6.92 Å². The third-order valence-corrected chi connectivity index (χ3v) is 2.38. The number of benzene rings is 1. The van der Waals surface area contributed by atoms with Crippen LogP contribution < -0.4 is 5.73 Å². The number of hydrogen-bond acceptors (Lipinski definition) is 4. The van der Waals surface area contributed by atoms with E-state index in [1.807, 2.05) is 0 Å². The van der Waals surface area contributed by atoms with Crippen LogP contribution in [0.5, 0.6) is 0 Å². The fourth-order valence-corrected chi connectivity index (χ4v) is 1.54. The second-order valence-corrected chi connectivity index (χ2v) is 3.58. The molecule has 0 fully saturated rings. The molecule has 0 unspecified atom stereocenters. The molecule has 1 heterocycles. The van der Waals surface area contributed by atoms with Crippen molar-refractivity contribution in [2.24, 2.45) is 0 Å². The smallest absolute Gasteiger partial charge is 0.356 e. The summed E-state index contributed by atoms with van der Waals surface area (Å²) in [6, 6.07) is 4.18. The molecule has 1 aromatic carbocycles. The van der Waals surface area contributed by atoms with E-state index in [0.717, 1.165) is 0 Å². The van der Waals surface area contributed by atoms with E-state index in [4.69, 9.17) is 10.5 Å². The molecule has 2 rings (SSSR count). The molecule has 0 aliphatic carbocycles. The molecule has 6 heteroatoms. The van der Waals surface area contributed by atoms with Crippen LogP contribution in [0, 0.1) is 5.82 Å². The third-order valence-electron chi connectivity index (χ3n) is 2.38. The summed E-state index contributed by atoms with van der Waals surface area (Å²) in [7, 11) is 0. The number of imidazole rings is 1. The number of hydrogen-bond donors (Lipinski definition) is 1. The topological polar surface area (TPSA) is 70.1 Å². The highest BCUT2D eigenvalue weighted by molar-refractivity contribution is 5.88. The molecule has 18 heavy (non-hydrogen) atoms. The van der Waals surface area contributed by atoms with Crippen molar-refractivity contribution in [3.8, 4) is 5.69 Å². The standard InChI is InChI=1S/C12H12FN3O2/c1-2-18-12(17)11-6-15-7-16(11)8-3-4-9(13)10(14)5-8/h3-7H,2,14H2,1H3. The predicted octanol–water partition coefficient (Wildman–Crippen LogP) is 1.77. The Morgan fingerprint density at radius 2 is 2.33 bits per heavy atom. The Kier molecular flexibility index (Phi) is 3.27. The van der Waals surface area contributed by atoms with Crippen LogP contribution in [0.1, 0.15) is 17.4 Å². The maximum absolute atomic E-state index is 13.1. The largest absolute Gasteiger partial charge is 0.461 e. The number of nitrogens with two attached hydrogens (primary N) is 1. The Morgan fingerprint density at radius 1 is 1.56 bits per heavy atom. The Labute approximate surface area is 103 Å². The third kappa shape index (κ3) is 2.17. The molecule has 0 amide bonds. The van der Waals surface area contributed by atoms with Gasteiger partial charge in [0.1, 0.15) is 5.82 Å². The summed E-state index contributed by atoms with van der Waals surface area (Å²) in [6.45, 7) is 1.99. The molecule has 0 spiro atoms. The predicted molar refractivity (Wildman–Crippen MR) is 63.9 cm³/mol. The Hall–Kier alpha value is -2.37. The lowest BCUT2D eigenvalue weighted by Gasteiger charge is -2.08. The van der Waals surface area contributed by atoms with Gasteiger partial charge >= 0.3 is 5.97 Å². The summed E-state index contributed by atoms with van der Waals surface area (Å²) in [5, 5.41) is 0. The van der Waals surface area contributed by atoms with E-state index >= 15 is 0 Å². The number of carbonyl (C=O) groups excluding carboxylic acids is 1. The minimum atomic E-state index is -0.503. The Morgan fingerprint density at radius 3 is 3.00 bits per heavy atom. The first-order valence-electron chi connectivity index (χ1n) is 5.38. The summed E-state index contributed by atoms with van der Waals surface area (Å²) in [5.41, 5.74) is 6.31. The summed E-state index contributed by atoms with van der Waals surface area (Å²) in [6.07, 6.45) is 2.83. The molecular formula is C12H12FN3O2. The van der Waals surface area contributed by atoms with Crippen LogP contribution in [0.25, 0.3) is 5.69 Å². The summed E-state index contributed by atoms with van der Waals surface area (Å²) < 4.78 is 19.5. The summed E-state index contributed by atoms with van der Waals surface area (Å²) in [4.78, 5) is 15.5. The van der Waals surface area contributed by atoms with Crippen LogP contribution in [0.3, 0.4) is 0 Å². The number of esters is 1. The minimum absolute atomic E-state index is 0.0102. The fourth-order valence-electron chi connectivity index (χ4n) is 1.54. The summed E-state index contributed by atoms with van der Waals surface area (Å²) >= 11 is 0. The van der Waals surface area contributed by atoms with Gasteiger partial charge in [-0.1, -0.05) is 0 Å². The van der Waals surface area contributed by atoms with Gasteiger partial charge < -0.3 is 10.5 Å². The second-order valence-electron chi connectivity index (χ2n) is 3.58. The number of ether oxygens (including phenoxy) is 1. The van der Waals surface area contributed by atoms with Gasteiger partial charge in [0, 0.05) is 5.69 Å². The van der Waals surface area contributed by atoms with E-state index in [9.17, 15) is 9.18 Å². The first kappa shape index (κ1) is 12.1. The average molecular weight is 249 g/mol. The lowest BCUT2D eigenvalue weighted by Crippen LogP contribution is -2.10. The molecule has 5 nitrogen and oxygen atoms in total. The van der Waals surface area contributed by atoms with Crippen molar-refractivity contribution in [3.05, 3.63) is 42.2 Å². The zero-order valence-electron chi connectivity index (χ0n) is 9.76. The number of halogens is 1. The van der Waals surface area contributed by atoms with Crippen molar-refractivity contribution in [2.75, 3.05) is 12.3 Å². The van der Waals surface area contributed by atoms with Crippen LogP contribution in [-0.4, -0.2) is 22.1 Å². The number of nitrogens with zero attached hydrogens (tertiary/aromatic N) is 2. The van der Waals surface area contributed by atoms with Gasteiger partial charge in [-0.15, -0.1) is 0 Å². The average Bonchev–Trinajstić information content (AvgIpc) is 2.82. The van der Waals surface area contributed by atoms with Gasteiger partial charge in [0.2, 0.25) is 0 Å². The molecule has 0 radical (unpaired) electrons. The zero-order chi connectivity index (χ0) is 13.1. The first-order chi connectivity index (χ1) is 8.63. The second kappa shape index (κ2) is 4.87. The lowest BCUT2D eigenvalue weighted by molar-refractivity contribution is 0.0517. The SMILES string of the molecule is CCOC(=O)c1cncn1-c1ccc(F)c(N)c1. The molecule has 94 valence electrons. The Bertz CT molecular complexity index is 580. The fraction of sp³-hybridized carbons (Fsp3) is 0.167. The molecule has 1 aromatic heterocycles. The van der Waals surface area contributed by atoms with E-state index in [0.29, 0.717) is 5.69 Å². The maximum Gasteiger partial charge on any atom is 0.356 e. The highest BCUT2D eigenvalue weighted by Crippen LogP contribution is 2.18. The maximum atomic E-state index is 13.1. The molecule has 2 N–H and O–H groups in total. The number of carbonyl (C=O) groups is 1. The van der Waals surface area contributed by atoms with Crippen molar-refractivity contribution >= 4 is 11.7 Å². The van der Waals surface area contributed by atoms with E-state index in [1.165, 1.54) is 35.3 Å². The van der Waals surface area contributed by atoms with Crippen molar-refractivity contribution in [1.29, 1.82) is 0 Å². The molecule has 0 aliphatic heterocycles. The van der Waals surface area contributed by atoms with Gasteiger partial charge in [-0.05, 0) is 25.1 Å². The monoisotopic (exact) mass is 249 g/mol. The van der Waals surface area contributed by atoms with Gasteiger partial charge in [0.25, 0.3) is 0 Å².